The van der Waals surface area contributed by atoms with Crippen molar-refractivity contribution in [2.45, 2.75) is 25.8 Å². The fourth-order valence-corrected chi connectivity index (χ4v) is 5.11. The van der Waals surface area contributed by atoms with Gasteiger partial charge in [0.25, 0.3) is 0 Å². The Balaban J connectivity index is 1.34. The molecule has 7 nitrogen and oxygen atoms in total. The average molecular weight is 464 g/mol. The van der Waals surface area contributed by atoms with E-state index in [1.807, 2.05) is 19.1 Å². The van der Waals surface area contributed by atoms with Crippen LogP contribution in [-0.4, -0.2) is 58.7 Å². The van der Waals surface area contributed by atoms with Crippen LogP contribution in [0.15, 0.2) is 30.6 Å². The van der Waals surface area contributed by atoms with Gasteiger partial charge in [-0.15, -0.1) is 0 Å². The van der Waals surface area contributed by atoms with E-state index < -0.39 is 5.97 Å². The SMILES string of the molecule is C[C@@H](Nc1cncc(N2CC([C@H]3CCCN(CC(=O)O)C3)C2)n1)c1ccc(Cl)cc1Cl. The van der Waals surface area contributed by atoms with Gasteiger partial charge in [0.2, 0.25) is 0 Å². The molecule has 2 atom stereocenters. The maximum absolute atomic E-state index is 11.0. The van der Waals surface area contributed by atoms with Crippen LogP contribution in [0.5, 0.6) is 0 Å². The highest BCUT2D eigenvalue weighted by atomic mass is 35.5. The van der Waals surface area contributed by atoms with Crippen LogP contribution in [0.25, 0.3) is 0 Å². The molecule has 31 heavy (non-hydrogen) atoms. The lowest BCUT2D eigenvalue weighted by atomic mass is 9.80. The minimum absolute atomic E-state index is 0.0408. The van der Waals surface area contributed by atoms with E-state index in [1.54, 1.807) is 18.5 Å². The first-order valence-electron chi connectivity index (χ1n) is 10.6. The van der Waals surface area contributed by atoms with Gasteiger partial charge >= 0.3 is 5.97 Å². The zero-order valence-electron chi connectivity index (χ0n) is 17.5. The van der Waals surface area contributed by atoms with Gasteiger partial charge in [0.05, 0.1) is 25.0 Å². The van der Waals surface area contributed by atoms with Crippen molar-refractivity contribution in [1.29, 1.82) is 0 Å². The Hall–Kier alpha value is -2.09. The quantitative estimate of drug-likeness (QED) is 0.636. The zero-order chi connectivity index (χ0) is 22.0. The van der Waals surface area contributed by atoms with Gasteiger partial charge in [-0.2, -0.15) is 0 Å². The van der Waals surface area contributed by atoms with Gasteiger partial charge in [-0.1, -0.05) is 29.3 Å². The molecule has 0 saturated carbocycles. The molecule has 2 N–H and O–H groups in total. The van der Waals surface area contributed by atoms with Crippen LogP contribution in [0.3, 0.4) is 0 Å². The van der Waals surface area contributed by atoms with Crippen LogP contribution in [0.4, 0.5) is 11.6 Å². The molecule has 2 aliphatic heterocycles. The van der Waals surface area contributed by atoms with Crippen molar-refractivity contribution in [3.63, 3.8) is 0 Å². The fourth-order valence-electron chi connectivity index (χ4n) is 4.54. The largest absolute Gasteiger partial charge is 0.480 e. The maximum atomic E-state index is 11.0. The Morgan fingerprint density at radius 2 is 2.06 bits per heavy atom. The number of hydrogen-bond acceptors (Lipinski definition) is 6. The normalized spacial score (nSPS) is 20.9. The molecule has 2 aliphatic rings. The van der Waals surface area contributed by atoms with Crippen molar-refractivity contribution in [2.24, 2.45) is 11.8 Å². The summed E-state index contributed by atoms with van der Waals surface area (Å²) in [6.07, 6.45) is 5.74. The second-order valence-electron chi connectivity index (χ2n) is 8.49. The number of halogens is 2. The van der Waals surface area contributed by atoms with E-state index >= 15 is 0 Å². The van der Waals surface area contributed by atoms with Crippen LogP contribution < -0.4 is 10.2 Å². The second kappa shape index (κ2) is 9.59. The summed E-state index contributed by atoms with van der Waals surface area (Å²) in [5, 5.41) is 13.7. The Morgan fingerprint density at radius 1 is 1.26 bits per heavy atom. The lowest BCUT2D eigenvalue weighted by Crippen LogP contribution is -2.54. The summed E-state index contributed by atoms with van der Waals surface area (Å²) in [4.78, 5) is 24.4. The van der Waals surface area contributed by atoms with E-state index in [0.717, 1.165) is 44.0 Å². The molecule has 0 aliphatic carbocycles. The monoisotopic (exact) mass is 463 g/mol. The molecule has 0 radical (unpaired) electrons. The third kappa shape index (κ3) is 5.40. The lowest BCUT2D eigenvalue weighted by Gasteiger charge is -2.46. The highest BCUT2D eigenvalue weighted by Gasteiger charge is 2.36. The minimum atomic E-state index is -0.746. The third-order valence-corrected chi connectivity index (χ3v) is 6.78. The van der Waals surface area contributed by atoms with Gasteiger partial charge in [0.15, 0.2) is 0 Å². The van der Waals surface area contributed by atoms with E-state index in [2.05, 4.69) is 20.1 Å². The molecule has 2 fully saturated rings. The van der Waals surface area contributed by atoms with Crippen molar-refractivity contribution in [3.05, 3.63) is 46.2 Å². The van der Waals surface area contributed by atoms with Gasteiger partial charge < -0.3 is 15.3 Å². The molecular weight excluding hydrogens is 437 g/mol. The summed E-state index contributed by atoms with van der Waals surface area (Å²) in [6.45, 7) is 5.78. The van der Waals surface area contributed by atoms with Crippen LogP contribution in [0.2, 0.25) is 10.0 Å². The number of likely N-dealkylation sites (tertiary alicyclic amines) is 1. The molecule has 9 heteroatoms. The molecule has 2 saturated heterocycles. The molecule has 3 heterocycles. The second-order valence-corrected chi connectivity index (χ2v) is 9.33. The van der Waals surface area contributed by atoms with Crippen LogP contribution >= 0.6 is 23.2 Å². The highest BCUT2D eigenvalue weighted by molar-refractivity contribution is 6.35. The standard InChI is InChI=1S/C22H27Cl2N5O2/c1-14(18-5-4-17(23)7-19(18)24)26-20-8-25-9-21(27-20)29-11-16(12-29)15-3-2-6-28(10-15)13-22(30)31/h4-5,7-9,14-16H,2-3,6,10-13H2,1H3,(H,26,27)(H,30,31)/t14-,15+/m1/s1. The lowest BCUT2D eigenvalue weighted by molar-refractivity contribution is -0.138. The Kier molecular flexibility index (Phi) is 6.84. The van der Waals surface area contributed by atoms with Crippen molar-refractivity contribution in [1.82, 2.24) is 14.9 Å². The number of nitrogens with zero attached hydrogens (tertiary/aromatic N) is 4. The number of carboxylic acids is 1. The summed E-state index contributed by atoms with van der Waals surface area (Å²) >= 11 is 12.3. The van der Waals surface area contributed by atoms with Crippen molar-refractivity contribution < 1.29 is 9.90 Å². The smallest absolute Gasteiger partial charge is 0.317 e. The van der Waals surface area contributed by atoms with Gasteiger partial charge in [0.1, 0.15) is 11.6 Å². The van der Waals surface area contributed by atoms with Crippen molar-refractivity contribution in [3.8, 4) is 0 Å². The molecular formula is C22H27Cl2N5O2. The summed E-state index contributed by atoms with van der Waals surface area (Å²) in [5.41, 5.74) is 0.950. The Labute approximate surface area is 192 Å². The van der Waals surface area contributed by atoms with Gasteiger partial charge in [-0.25, -0.2) is 4.98 Å². The van der Waals surface area contributed by atoms with Crippen molar-refractivity contribution in [2.75, 3.05) is 42.9 Å². The van der Waals surface area contributed by atoms with Gasteiger partial charge in [-0.05, 0) is 55.8 Å². The number of aliphatic carboxylic acids is 1. The first kappa shape index (κ1) is 22.1. The highest BCUT2D eigenvalue weighted by Crippen LogP contribution is 2.34. The van der Waals surface area contributed by atoms with Crippen LogP contribution in [0, 0.1) is 11.8 Å². The maximum Gasteiger partial charge on any atom is 0.317 e. The van der Waals surface area contributed by atoms with Gasteiger partial charge in [-0.3, -0.25) is 14.7 Å². The first-order valence-corrected chi connectivity index (χ1v) is 11.4. The Bertz CT molecular complexity index is 938. The van der Waals surface area contributed by atoms with E-state index in [4.69, 9.17) is 33.3 Å². The number of rotatable bonds is 7. The fraction of sp³-hybridized carbons (Fsp3) is 0.500. The molecule has 4 rings (SSSR count). The number of carboxylic acid groups (broad SMARTS) is 1. The van der Waals surface area contributed by atoms with E-state index in [0.29, 0.717) is 27.7 Å². The molecule has 0 unspecified atom stereocenters. The number of carbonyl (C=O) groups is 1. The Morgan fingerprint density at radius 3 is 2.81 bits per heavy atom. The number of benzene rings is 1. The van der Waals surface area contributed by atoms with E-state index in [1.165, 1.54) is 6.42 Å². The summed E-state index contributed by atoms with van der Waals surface area (Å²) < 4.78 is 0. The molecule has 0 amide bonds. The number of nitrogens with one attached hydrogen (secondary N) is 1. The topological polar surface area (TPSA) is 81.6 Å². The van der Waals surface area contributed by atoms with Crippen LogP contribution in [0.1, 0.15) is 31.4 Å². The average Bonchev–Trinajstić information content (AvgIpc) is 2.67. The summed E-state index contributed by atoms with van der Waals surface area (Å²) in [7, 11) is 0. The van der Waals surface area contributed by atoms with E-state index in [9.17, 15) is 4.79 Å². The zero-order valence-corrected chi connectivity index (χ0v) is 19.0. The number of piperidine rings is 1. The number of anilines is 2. The van der Waals surface area contributed by atoms with Crippen molar-refractivity contribution >= 4 is 40.8 Å². The molecule has 0 spiro atoms. The van der Waals surface area contributed by atoms with E-state index in [-0.39, 0.29) is 12.6 Å². The summed E-state index contributed by atoms with van der Waals surface area (Å²) in [6, 6.07) is 5.44. The third-order valence-electron chi connectivity index (χ3n) is 6.22. The minimum Gasteiger partial charge on any atom is -0.480 e. The predicted octanol–water partition coefficient (Wildman–Crippen LogP) is 4.19. The predicted molar refractivity (Wildman–Crippen MR) is 123 cm³/mol. The summed E-state index contributed by atoms with van der Waals surface area (Å²) in [5.74, 6) is 1.93. The molecule has 1 aromatic carbocycles. The molecule has 166 valence electrons. The first-order chi connectivity index (χ1) is 14.9. The van der Waals surface area contributed by atoms with Crippen LogP contribution in [-0.2, 0) is 4.79 Å². The molecule has 2 aromatic rings. The van der Waals surface area contributed by atoms with Gasteiger partial charge in [0, 0.05) is 29.7 Å². The molecule has 1 aromatic heterocycles. The number of aromatic nitrogens is 2. The number of hydrogen-bond donors (Lipinski definition) is 2. The molecule has 0 bridgehead atoms.